The molecule has 1 fully saturated rings. The average molecular weight is 642 g/mol. The van der Waals surface area contributed by atoms with Gasteiger partial charge in [-0.3, -0.25) is 4.79 Å². The van der Waals surface area contributed by atoms with Crippen LogP contribution < -0.4 is 15.0 Å². The summed E-state index contributed by atoms with van der Waals surface area (Å²) in [6.45, 7) is 1.53. The number of carboxylic acid groups (broad SMARTS) is 1. The van der Waals surface area contributed by atoms with Crippen LogP contribution in [0.5, 0.6) is 11.5 Å². The number of hydrogen-bond acceptors (Lipinski definition) is 6. The lowest BCUT2D eigenvalue weighted by Crippen LogP contribution is -2.25. The van der Waals surface area contributed by atoms with Crippen molar-refractivity contribution in [3.8, 4) is 11.5 Å². The number of hydrogen-bond donors (Lipinski definition) is 1. The van der Waals surface area contributed by atoms with Crippen LogP contribution in [0.4, 0.5) is 0 Å². The van der Waals surface area contributed by atoms with Gasteiger partial charge in [0.2, 0.25) is 0 Å². The second-order valence-corrected chi connectivity index (χ2v) is 10.5. The van der Waals surface area contributed by atoms with Crippen molar-refractivity contribution in [1.82, 2.24) is 9.66 Å². The quantitative estimate of drug-likeness (QED) is 0.287. The number of aromatic nitrogens is 2. The van der Waals surface area contributed by atoms with E-state index in [0.717, 1.165) is 30.2 Å². The monoisotopic (exact) mass is 639 g/mol. The first-order chi connectivity index (χ1) is 17.3. The minimum absolute atomic E-state index is 0.113. The lowest BCUT2D eigenvalue weighted by atomic mass is 9.88. The highest BCUT2D eigenvalue weighted by atomic mass is 79.9. The maximum absolute atomic E-state index is 13.5. The molecule has 1 aliphatic carbocycles. The van der Waals surface area contributed by atoms with Crippen molar-refractivity contribution in [2.45, 2.75) is 44.9 Å². The topological polar surface area (TPSA) is 103 Å². The second kappa shape index (κ2) is 11.7. The van der Waals surface area contributed by atoms with Crippen LogP contribution in [0.2, 0.25) is 5.02 Å². The fourth-order valence-corrected chi connectivity index (χ4v) is 5.27. The SMILES string of the molecule is CCOc1cc(C=Nn2c(C3CCCCC3)nc3ccc(Br)cc3c2=O)c(Br)c(Cl)c1OCC(=O)O. The molecule has 1 aliphatic rings. The van der Waals surface area contributed by atoms with Crippen molar-refractivity contribution < 1.29 is 19.4 Å². The molecule has 0 radical (unpaired) electrons. The molecule has 11 heteroatoms. The third-order valence-electron chi connectivity index (χ3n) is 5.91. The summed E-state index contributed by atoms with van der Waals surface area (Å²) in [5, 5.41) is 14.2. The number of aliphatic carboxylic acids is 1. The van der Waals surface area contributed by atoms with Crippen LogP contribution in [-0.4, -0.2) is 40.2 Å². The van der Waals surface area contributed by atoms with E-state index in [1.54, 1.807) is 19.1 Å². The summed E-state index contributed by atoms with van der Waals surface area (Å²) >= 11 is 13.4. The zero-order chi connectivity index (χ0) is 25.8. The van der Waals surface area contributed by atoms with Crippen molar-refractivity contribution in [2.24, 2.45) is 5.10 Å². The van der Waals surface area contributed by atoms with Gasteiger partial charge < -0.3 is 14.6 Å². The molecule has 4 rings (SSSR count). The van der Waals surface area contributed by atoms with Crippen LogP contribution in [0.1, 0.15) is 56.3 Å². The normalized spacial score (nSPS) is 14.4. The van der Waals surface area contributed by atoms with Gasteiger partial charge in [-0.1, -0.05) is 46.8 Å². The highest BCUT2D eigenvalue weighted by molar-refractivity contribution is 9.10. The molecular weight excluding hydrogens is 618 g/mol. The number of benzene rings is 2. The molecule has 0 bridgehead atoms. The van der Waals surface area contributed by atoms with E-state index < -0.39 is 12.6 Å². The van der Waals surface area contributed by atoms with E-state index >= 15 is 0 Å². The molecule has 8 nitrogen and oxygen atoms in total. The molecule has 1 saturated carbocycles. The number of carboxylic acids is 1. The van der Waals surface area contributed by atoms with Crippen molar-refractivity contribution in [3.63, 3.8) is 0 Å². The number of carbonyl (C=O) groups is 1. The molecule has 190 valence electrons. The number of nitrogens with zero attached hydrogens (tertiary/aromatic N) is 3. The van der Waals surface area contributed by atoms with Crippen molar-refractivity contribution in [1.29, 1.82) is 0 Å². The lowest BCUT2D eigenvalue weighted by molar-refractivity contribution is -0.139. The van der Waals surface area contributed by atoms with Crippen molar-refractivity contribution >= 4 is 66.5 Å². The fraction of sp³-hybridized carbons (Fsp3) is 0.360. The van der Waals surface area contributed by atoms with Gasteiger partial charge in [-0.15, -0.1) is 0 Å². The Kier molecular flexibility index (Phi) is 8.69. The standard InChI is InChI=1S/C25H24Br2ClN3O5/c1-2-35-19-10-15(21(27)22(28)23(19)36-13-20(32)33)12-29-31-24(14-6-4-3-5-7-14)30-18-9-8-16(26)11-17(18)25(31)34/h8-12,14H,2-7,13H2,1H3,(H,32,33). The fourth-order valence-electron chi connectivity index (χ4n) is 4.25. The summed E-state index contributed by atoms with van der Waals surface area (Å²) in [6, 6.07) is 7.09. The highest BCUT2D eigenvalue weighted by Crippen LogP contribution is 2.42. The summed E-state index contributed by atoms with van der Waals surface area (Å²) in [4.78, 5) is 29.4. The van der Waals surface area contributed by atoms with Gasteiger partial charge in [-0.05, 0) is 60.0 Å². The second-order valence-electron chi connectivity index (χ2n) is 8.36. The molecule has 3 aromatic rings. The molecule has 1 N–H and O–H groups in total. The summed E-state index contributed by atoms with van der Waals surface area (Å²) < 4.78 is 13.6. The molecule has 0 saturated heterocycles. The van der Waals surface area contributed by atoms with Crippen LogP contribution in [0.15, 0.2) is 43.1 Å². The molecule has 1 heterocycles. The van der Waals surface area contributed by atoms with Gasteiger partial charge >= 0.3 is 5.97 Å². The number of rotatable bonds is 8. The summed E-state index contributed by atoms with van der Waals surface area (Å²) in [5.74, 6) is 0.0188. The van der Waals surface area contributed by atoms with E-state index in [0.29, 0.717) is 33.4 Å². The first-order valence-corrected chi connectivity index (χ1v) is 13.5. The first-order valence-electron chi connectivity index (χ1n) is 11.6. The molecule has 36 heavy (non-hydrogen) atoms. The number of fused-ring (bicyclic) bond motifs is 1. The molecule has 0 atom stereocenters. The molecule has 0 spiro atoms. The Morgan fingerprint density at radius 1 is 1.25 bits per heavy atom. The minimum Gasteiger partial charge on any atom is -0.490 e. The van der Waals surface area contributed by atoms with E-state index in [4.69, 9.17) is 31.2 Å². The predicted octanol–water partition coefficient (Wildman–Crippen LogP) is 6.37. The van der Waals surface area contributed by atoms with Gasteiger partial charge in [0.25, 0.3) is 5.56 Å². The van der Waals surface area contributed by atoms with E-state index in [-0.39, 0.29) is 28.0 Å². The minimum atomic E-state index is -1.14. The Hall–Kier alpha value is -2.43. The molecule has 0 aliphatic heterocycles. The summed E-state index contributed by atoms with van der Waals surface area (Å²) in [5.41, 5.74) is 0.909. The summed E-state index contributed by atoms with van der Waals surface area (Å²) in [6.07, 6.45) is 6.75. The van der Waals surface area contributed by atoms with E-state index in [1.165, 1.54) is 17.3 Å². The molecular formula is C25H24Br2ClN3O5. The van der Waals surface area contributed by atoms with Crippen LogP contribution in [0.3, 0.4) is 0 Å². The maximum atomic E-state index is 13.5. The van der Waals surface area contributed by atoms with Gasteiger partial charge in [0.15, 0.2) is 18.1 Å². The van der Waals surface area contributed by atoms with Gasteiger partial charge in [0.05, 0.1) is 23.7 Å². The Labute approximate surface area is 229 Å². The van der Waals surface area contributed by atoms with E-state index in [1.807, 2.05) is 12.1 Å². The van der Waals surface area contributed by atoms with Crippen LogP contribution >= 0.6 is 43.5 Å². The Bertz CT molecular complexity index is 1390. The third-order valence-corrected chi connectivity index (χ3v) is 7.85. The molecule has 2 aromatic carbocycles. The lowest BCUT2D eigenvalue weighted by Gasteiger charge is -2.22. The van der Waals surface area contributed by atoms with E-state index in [2.05, 4.69) is 37.0 Å². The third kappa shape index (κ3) is 5.76. The smallest absolute Gasteiger partial charge is 0.341 e. The zero-order valence-corrected chi connectivity index (χ0v) is 23.4. The van der Waals surface area contributed by atoms with Crippen LogP contribution in [0, 0.1) is 0 Å². The van der Waals surface area contributed by atoms with Gasteiger partial charge in [-0.25, -0.2) is 9.78 Å². The largest absolute Gasteiger partial charge is 0.490 e. The molecule has 1 aromatic heterocycles. The molecule has 0 unspecified atom stereocenters. The van der Waals surface area contributed by atoms with Gasteiger partial charge in [-0.2, -0.15) is 9.78 Å². The van der Waals surface area contributed by atoms with Gasteiger partial charge in [0.1, 0.15) is 10.8 Å². The number of halogens is 3. The van der Waals surface area contributed by atoms with Crippen LogP contribution in [0.25, 0.3) is 10.9 Å². The Balaban J connectivity index is 1.83. The zero-order valence-electron chi connectivity index (χ0n) is 19.5. The van der Waals surface area contributed by atoms with Crippen molar-refractivity contribution in [3.05, 3.63) is 60.0 Å². The first kappa shape index (κ1) is 26.6. The average Bonchev–Trinajstić information content (AvgIpc) is 2.86. The predicted molar refractivity (Wildman–Crippen MR) is 146 cm³/mol. The maximum Gasteiger partial charge on any atom is 0.341 e. The van der Waals surface area contributed by atoms with Crippen molar-refractivity contribution in [2.75, 3.05) is 13.2 Å². The Morgan fingerprint density at radius 2 is 2.00 bits per heavy atom. The molecule has 0 amide bonds. The Morgan fingerprint density at radius 3 is 2.69 bits per heavy atom. The summed E-state index contributed by atoms with van der Waals surface area (Å²) in [7, 11) is 0. The highest BCUT2D eigenvalue weighted by Gasteiger charge is 2.23. The van der Waals surface area contributed by atoms with Crippen LogP contribution in [-0.2, 0) is 4.79 Å². The van der Waals surface area contributed by atoms with E-state index in [9.17, 15) is 9.59 Å². The van der Waals surface area contributed by atoms with Gasteiger partial charge in [0, 0.05) is 20.4 Å². The number of ether oxygens (including phenoxy) is 2.